The number of hydrogen-bond acceptors (Lipinski definition) is 6. The molecule has 2 saturated heterocycles. The zero-order chi connectivity index (χ0) is 34.8. The topological polar surface area (TPSA) is 105 Å². The minimum Gasteiger partial charge on any atom is -0.496 e. The second kappa shape index (κ2) is 14.1. The van der Waals surface area contributed by atoms with Crippen molar-refractivity contribution in [3.63, 3.8) is 0 Å². The lowest BCUT2D eigenvalue weighted by atomic mass is 9.62. The summed E-state index contributed by atoms with van der Waals surface area (Å²) in [5.74, 6) is -0.501. The number of nitrogens with one attached hydrogen (secondary N) is 1. The van der Waals surface area contributed by atoms with Crippen LogP contribution in [0.4, 0.5) is 0 Å². The highest BCUT2D eigenvalue weighted by Crippen LogP contribution is 2.49. The average Bonchev–Trinajstić information content (AvgIpc) is 3.61. The van der Waals surface area contributed by atoms with Crippen LogP contribution in [0.2, 0.25) is 0 Å². The van der Waals surface area contributed by atoms with E-state index in [4.69, 9.17) is 9.47 Å². The van der Waals surface area contributed by atoms with Gasteiger partial charge in [0, 0.05) is 25.7 Å². The van der Waals surface area contributed by atoms with E-state index in [9.17, 15) is 19.2 Å². The van der Waals surface area contributed by atoms with Crippen LogP contribution < -0.4 is 10.1 Å². The van der Waals surface area contributed by atoms with Crippen molar-refractivity contribution in [2.24, 2.45) is 0 Å². The van der Waals surface area contributed by atoms with Gasteiger partial charge in [0.05, 0.1) is 24.0 Å². The molecule has 258 valence electrons. The molecule has 2 heterocycles. The number of likely N-dealkylation sites (tertiary alicyclic amines) is 2. The van der Waals surface area contributed by atoms with Crippen LogP contribution in [0.25, 0.3) is 0 Å². The molecular weight excluding hydrogens is 618 g/mol. The Morgan fingerprint density at radius 3 is 2.20 bits per heavy atom. The predicted octanol–water partition coefficient (Wildman–Crippen LogP) is 5.61. The van der Waals surface area contributed by atoms with Crippen LogP contribution >= 0.6 is 0 Å². The first kappa shape index (κ1) is 34.2. The van der Waals surface area contributed by atoms with Gasteiger partial charge in [0.25, 0.3) is 5.91 Å². The van der Waals surface area contributed by atoms with E-state index in [2.05, 4.69) is 5.32 Å². The lowest BCUT2D eigenvalue weighted by molar-refractivity contribution is -0.164. The standard InChI is InChI=1S/C40H47N3O6/c1-39(2,3)49-37(46)33-18-12-24-43(33)38(47)40(27-13-6-5-7-14-27)23-20-30(29-15-8-10-17-32(29)40)36(45)42-25-21-28(22-26-42)41-35(44)31-16-9-11-19-34(31)48-4/h5-11,13-17,19,28,30,33H,12,18,20-26H2,1-4H3,(H,41,44)/t30-,33-,40+/m0/s1. The Morgan fingerprint density at radius 1 is 0.816 bits per heavy atom. The third-order valence-electron chi connectivity index (χ3n) is 10.2. The SMILES string of the molecule is COc1ccccc1C(=O)NC1CCN(C(=O)[C@H]2CC[C@@](C(=O)N3CCC[C@H]3C(=O)OC(C)(C)C)(c3ccccc3)c3ccccc32)CC1. The third-order valence-corrected chi connectivity index (χ3v) is 10.2. The van der Waals surface area contributed by atoms with Crippen LogP contribution in [0.1, 0.15) is 92.3 Å². The summed E-state index contributed by atoms with van der Waals surface area (Å²) in [5.41, 5.74) is 1.33. The number of carbonyl (C=O) groups excluding carboxylic acids is 4. The van der Waals surface area contributed by atoms with Crippen molar-refractivity contribution < 1.29 is 28.7 Å². The minimum absolute atomic E-state index is 0.0452. The maximum Gasteiger partial charge on any atom is 0.329 e. The Labute approximate surface area is 288 Å². The van der Waals surface area contributed by atoms with Crippen molar-refractivity contribution in [2.75, 3.05) is 26.7 Å². The molecule has 1 aliphatic carbocycles. The first-order valence-electron chi connectivity index (χ1n) is 17.4. The fraction of sp³-hybridized carbons (Fsp3) is 0.450. The van der Waals surface area contributed by atoms with E-state index in [1.54, 1.807) is 24.1 Å². The zero-order valence-electron chi connectivity index (χ0n) is 28.9. The number of piperidine rings is 1. The van der Waals surface area contributed by atoms with Crippen LogP contribution in [0.15, 0.2) is 78.9 Å². The van der Waals surface area contributed by atoms with Crippen molar-refractivity contribution in [3.8, 4) is 5.75 Å². The first-order valence-corrected chi connectivity index (χ1v) is 17.4. The summed E-state index contributed by atoms with van der Waals surface area (Å²) in [6.07, 6.45) is 3.50. The fourth-order valence-corrected chi connectivity index (χ4v) is 7.89. The lowest BCUT2D eigenvalue weighted by Crippen LogP contribution is -2.54. The van der Waals surface area contributed by atoms with Gasteiger partial charge in [-0.2, -0.15) is 0 Å². The van der Waals surface area contributed by atoms with Crippen molar-refractivity contribution >= 4 is 23.7 Å². The summed E-state index contributed by atoms with van der Waals surface area (Å²) in [6, 6.07) is 24.1. The Kier molecular flexibility index (Phi) is 9.82. The summed E-state index contributed by atoms with van der Waals surface area (Å²) in [6.45, 7) is 7.06. The van der Waals surface area contributed by atoms with Crippen LogP contribution in [0.5, 0.6) is 5.75 Å². The number of nitrogens with zero attached hydrogens (tertiary/aromatic N) is 2. The van der Waals surface area contributed by atoms with Gasteiger partial charge in [-0.3, -0.25) is 14.4 Å². The number of esters is 1. The van der Waals surface area contributed by atoms with Gasteiger partial charge in [0.15, 0.2) is 0 Å². The first-order chi connectivity index (χ1) is 23.5. The second-order valence-electron chi connectivity index (χ2n) is 14.4. The monoisotopic (exact) mass is 665 g/mol. The number of fused-ring (bicyclic) bond motifs is 1. The molecule has 3 aliphatic rings. The molecule has 0 saturated carbocycles. The molecule has 3 atom stereocenters. The predicted molar refractivity (Wildman–Crippen MR) is 186 cm³/mol. The highest BCUT2D eigenvalue weighted by molar-refractivity contribution is 5.98. The van der Waals surface area contributed by atoms with Crippen molar-refractivity contribution in [3.05, 3.63) is 101 Å². The smallest absolute Gasteiger partial charge is 0.329 e. The molecule has 6 rings (SSSR count). The number of benzene rings is 3. The fourth-order valence-electron chi connectivity index (χ4n) is 7.89. The molecule has 1 N–H and O–H groups in total. The second-order valence-corrected chi connectivity index (χ2v) is 14.4. The Morgan fingerprint density at radius 2 is 1.49 bits per heavy atom. The Balaban J connectivity index is 1.23. The number of amides is 3. The van der Waals surface area contributed by atoms with E-state index in [-0.39, 0.29) is 29.7 Å². The van der Waals surface area contributed by atoms with Crippen molar-refractivity contribution in [2.45, 2.75) is 88.3 Å². The van der Waals surface area contributed by atoms with Gasteiger partial charge in [0.1, 0.15) is 17.4 Å². The minimum atomic E-state index is -1.05. The molecule has 2 fully saturated rings. The molecule has 0 radical (unpaired) electrons. The van der Waals surface area contributed by atoms with Crippen LogP contribution in [0, 0.1) is 0 Å². The highest BCUT2D eigenvalue weighted by Gasteiger charge is 2.53. The maximum atomic E-state index is 15.0. The van der Waals surface area contributed by atoms with E-state index in [1.165, 1.54) is 0 Å². The summed E-state index contributed by atoms with van der Waals surface area (Å²) < 4.78 is 11.1. The molecule has 0 spiro atoms. The Hall–Kier alpha value is -4.66. The van der Waals surface area contributed by atoms with E-state index in [0.717, 1.165) is 23.1 Å². The average molecular weight is 666 g/mol. The lowest BCUT2D eigenvalue weighted by Gasteiger charge is -2.45. The van der Waals surface area contributed by atoms with E-state index < -0.39 is 23.0 Å². The summed E-state index contributed by atoms with van der Waals surface area (Å²) in [7, 11) is 1.55. The Bertz CT molecular complexity index is 1690. The number of carbonyl (C=O) groups is 4. The number of para-hydroxylation sites is 1. The molecule has 0 bridgehead atoms. The highest BCUT2D eigenvalue weighted by atomic mass is 16.6. The normalized spacial score (nSPS) is 22.6. The molecule has 9 nitrogen and oxygen atoms in total. The molecule has 0 unspecified atom stereocenters. The van der Waals surface area contributed by atoms with Gasteiger partial charge < -0.3 is 24.6 Å². The van der Waals surface area contributed by atoms with Crippen molar-refractivity contribution in [1.82, 2.24) is 15.1 Å². The molecule has 3 amide bonds. The number of ether oxygens (including phenoxy) is 2. The van der Waals surface area contributed by atoms with Gasteiger partial charge in [-0.1, -0.05) is 66.7 Å². The number of methoxy groups -OCH3 is 1. The molecular formula is C40H47N3O6. The molecule has 9 heteroatoms. The van der Waals surface area contributed by atoms with Crippen LogP contribution in [0.3, 0.4) is 0 Å². The molecule has 3 aromatic carbocycles. The van der Waals surface area contributed by atoms with Gasteiger partial charge in [-0.15, -0.1) is 0 Å². The number of rotatable bonds is 7. The summed E-state index contributed by atoms with van der Waals surface area (Å²) >= 11 is 0. The van der Waals surface area contributed by atoms with E-state index >= 15 is 0 Å². The van der Waals surface area contributed by atoms with Crippen LogP contribution in [-0.2, 0) is 24.5 Å². The van der Waals surface area contributed by atoms with Gasteiger partial charge in [0.2, 0.25) is 11.8 Å². The summed E-state index contributed by atoms with van der Waals surface area (Å²) in [4.78, 5) is 59.2. The zero-order valence-corrected chi connectivity index (χ0v) is 28.9. The largest absolute Gasteiger partial charge is 0.496 e. The summed E-state index contributed by atoms with van der Waals surface area (Å²) in [5, 5.41) is 3.12. The molecule has 49 heavy (non-hydrogen) atoms. The van der Waals surface area contributed by atoms with Crippen molar-refractivity contribution in [1.29, 1.82) is 0 Å². The quantitative estimate of drug-likeness (QED) is 0.329. The third kappa shape index (κ3) is 6.80. The van der Waals surface area contributed by atoms with E-state index in [1.807, 2.05) is 92.4 Å². The maximum absolute atomic E-state index is 15.0. The van der Waals surface area contributed by atoms with E-state index in [0.29, 0.717) is 63.1 Å². The molecule has 0 aromatic heterocycles. The molecule has 3 aromatic rings. The number of hydrogen-bond donors (Lipinski definition) is 1. The molecule has 2 aliphatic heterocycles. The van der Waals surface area contributed by atoms with Gasteiger partial charge in [-0.05, 0) is 88.1 Å². The van der Waals surface area contributed by atoms with Gasteiger partial charge in [-0.25, -0.2) is 4.79 Å². The van der Waals surface area contributed by atoms with Gasteiger partial charge >= 0.3 is 5.97 Å². The van der Waals surface area contributed by atoms with Crippen LogP contribution in [-0.4, -0.2) is 77.9 Å².